The number of aromatic nitrogens is 2. The molecule has 5 heteroatoms. The summed E-state index contributed by atoms with van der Waals surface area (Å²) in [6, 6.07) is 0. The molecule has 1 N–H and O–H groups in total. The van der Waals surface area contributed by atoms with Crippen LogP contribution in [0.1, 0.15) is 17.7 Å². The zero-order chi connectivity index (χ0) is 12.3. The van der Waals surface area contributed by atoms with Crippen LogP contribution in [-0.4, -0.2) is 36.6 Å². The lowest BCUT2D eigenvalue weighted by atomic mass is 10.1. The Morgan fingerprint density at radius 2 is 2.41 bits per heavy atom. The second-order valence-electron chi connectivity index (χ2n) is 4.56. The molecule has 0 aromatic carbocycles. The smallest absolute Gasteiger partial charge is 0.216 e. The minimum absolute atomic E-state index is 0.651. The molecule has 0 spiro atoms. The van der Waals surface area contributed by atoms with E-state index in [4.69, 9.17) is 9.47 Å². The number of hydrogen-bond donors (Lipinski definition) is 1. The molecule has 1 atom stereocenters. The van der Waals surface area contributed by atoms with Gasteiger partial charge in [-0.3, -0.25) is 0 Å². The molecule has 0 amide bonds. The molecule has 1 unspecified atom stereocenters. The van der Waals surface area contributed by atoms with Crippen LogP contribution in [-0.2, 0) is 18.3 Å². The van der Waals surface area contributed by atoms with Crippen LogP contribution in [0.5, 0.6) is 5.88 Å². The lowest BCUT2D eigenvalue weighted by Gasteiger charge is -2.10. The minimum atomic E-state index is 0.651. The Kier molecular flexibility index (Phi) is 4.02. The predicted molar refractivity (Wildman–Crippen MR) is 65.1 cm³/mol. The minimum Gasteiger partial charge on any atom is -0.481 e. The molecule has 1 aromatic rings. The monoisotopic (exact) mass is 239 g/mol. The third-order valence-electron chi connectivity index (χ3n) is 3.24. The van der Waals surface area contributed by atoms with Gasteiger partial charge in [-0.1, -0.05) is 0 Å². The summed E-state index contributed by atoms with van der Waals surface area (Å²) in [4.78, 5) is 0. The summed E-state index contributed by atoms with van der Waals surface area (Å²) < 4.78 is 12.5. The molecule has 0 radical (unpaired) electrons. The number of rotatable bonds is 5. The Morgan fingerprint density at radius 3 is 3.06 bits per heavy atom. The first kappa shape index (κ1) is 12.4. The zero-order valence-corrected chi connectivity index (χ0v) is 10.8. The highest BCUT2D eigenvalue weighted by Gasteiger charge is 2.17. The van der Waals surface area contributed by atoms with E-state index in [0.717, 1.165) is 49.9 Å². The molecule has 2 heterocycles. The van der Waals surface area contributed by atoms with Gasteiger partial charge in [0, 0.05) is 26.7 Å². The van der Waals surface area contributed by atoms with Gasteiger partial charge in [-0.2, -0.15) is 5.10 Å². The number of methoxy groups -OCH3 is 1. The van der Waals surface area contributed by atoms with E-state index >= 15 is 0 Å². The molecule has 17 heavy (non-hydrogen) atoms. The maximum absolute atomic E-state index is 5.36. The van der Waals surface area contributed by atoms with Crippen molar-refractivity contribution < 1.29 is 9.47 Å². The van der Waals surface area contributed by atoms with Gasteiger partial charge in [0.2, 0.25) is 5.88 Å². The van der Waals surface area contributed by atoms with Gasteiger partial charge in [-0.15, -0.1) is 0 Å². The van der Waals surface area contributed by atoms with Crippen LogP contribution in [0.25, 0.3) is 0 Å². The van der Waals surface area contributed by atoms with Gasteiger partial charge < -0.3 is 14.8 Å². The molecule has 0 aliphatic carbocycles. The van der Waals surface area contributed by atoms with Gasteiger partial charge in [0.05, 0.1) is 25.0 Å². The van der Waals surface area contributed by atoms with Crippen LogP contribution in [0.2, 0.25) is 0 Å². The number of hydrogen-bond acceptors (Lipinski definition) is 4. The highest BCUT2D eigenvalue weighted by molar-refractivity contribution is 5.30. The average Bonchev–Trinajstić information content (AvgIpc) is 2.88. The molecule has 1 saturated heterocycles. The molecule has 1 aromatic heterocycles. The Morgan fingerprint density at radius 1 is 1.59 bits per heavy atom. The summed E-state index contributed by atoms with van der Waals surface area (Å²) in [6.45, 7) is 5.60. The van der Waals surface area contributed by atoms with Crippen LogP contribution in [0.4, 0.5) is 0 Å². The van der Waals surface area contributed by atoms with Crippen LogP contribution in [0, 0.1) is 12.8 Å². The lowest BCUT2D eigenvalue weighted by Crippen LogP contribution is -2.23. The summed E-state index contributed by atoms with van der Waals surface area (Å²) >= 11 is 0. The third-order valence-corrected chi connectivity index (χ3v) is 3.24. The normalized spacial score (nSPS) is 19.8. The van der Waals surface area contributed by atoms with Crippen molar-refractivity contribution in [2.75, 3.05) is 26.9 Å². The van der Waals surface area contributed by atoms with E-state index < -0.39 is 0 Å². The maximum Gasteiger partial charge on any atom is 0.216 e. The van der Waals surface area contributed by atoms with E-state index in [-0.39, 0.29) is 0 Å². The van der Waals surface area contributed by atoms with E-state index in [1.807, 2.05) is 14.0 Å². The first-order chi connectivity index (χ1) is 8.22. The standard InChI is InChI=1S/C12H21N3O2/c1-9-11(12(16-3)15(2)14-9)7-13-6-10-4-5-17-8-10/h10,13H,4-8H2,1-3H3. The van der Waals surface area contributed by atoms with Crippen molar-refractivity contribution in [1.29, 1.82) is 0 Å². The average molecular weight is 239 g/mol. The van der Waals surface area contributed by atoms with Crippen molar-refractivity contribution in [2.24, 2.45) is 13.0 Å². The Bertz CT molecular complexity index is 370. The van der Waals surface area contributed by atoms with Gasteiger partial charge in [0.15, 0.2) is 0 Å². The highest BCUT2D eigenvalue weighted by Crippen LogP contribution is 2.20. The largest absolute Gasteiger partial charge is 0.481 e. The number of nitrogens with zero attached hydrogens (tertiary/aromatic N) is 2. The maximum atomic E-state index is 5.36. The van der Waals surface area contributed by atoms with Crippen LogP contribution >= 0.6 is 0 Å². The SMILES string of the molecule is COc1c(CNCC2CCOC2)c(C)nn1C. The molecule has 0 bridgehead atoms. The Labute approximate surface area is 102 Å². The van der Waals surface area contributed by atoms with Crippen molar-refractivity contribution >= 4 is 0 Å². The Balaban J connectivity index is 1.89. The van der Waals surface area contributed by atoms with E-state index in [9.17, 15) is 0 Å². The molecular formula is C12H21N3O2. The zero-order valence-electron chi connectivity index (χ0n) is 10.8. The van der Waals surface area contributed by atoms with Gasteiger partial charge in [-0.25, -0.2) is 4.68 Å². The van der Waals surface area contributed by atoms with E-state index in [1.165, 1.54) is 0 Å². The Hall–Kier alpha value is -1.07. The second kappa shape index (κ2) is 5.51. The fourth-order valence-corrected chi connectivity index (χ4v) is 2.29. The summed E-state index contributed by atoms with van der Waals surface area (Å²) in [5, 5.41) is 7.82. The first-order valence-corrected chi connectivity index (χ1v) is 6.07. The molecule has 1 fully saturated rings. The van der Waals surface area contributed by atoms with Gasteiger partial charge >= 0.3 is 0 Å². The second-order valence-corrected chi connectivity index (χ2v) is 4.56. The fraction of sp³-hybridized carbons (Fsp3) is 0.750. The van der Waals surface area contributed by atoms with Gasteiger partial charge in [0.25, 0.3) is 0 Å². The molecule has 1 aliphatic rings. The highest BCUT2D eigenvalue weighted by atomic mass is 16.5. The van der Waals surface area contributed by atoms with Crippen molar-refractivity contribution in [1.82, 2.24) is 15.1 Å². The summed E-state index contributed by atoms with van der Waals surface area (Å²) in [6.07, 6.45) is 1.16. The molecule has 2 rings (SSSR count). The molecule has 96 valence electrons. The third kappa shape index (κ3) is 2.79. The van der Waals surface area contributed by atoms with Crippen molar-refractivity contribution in [3.8, 4) is 5.88 Å². The van der Waals surface area contributed by atoms with E-state index in [0.29, 0.717) is 5.92 Å². The van der Waals surface area contributed by atoms with Crippen molar-refractivity contribution in [2.45, 2.75) is 19.9 Å². The van der Waals surface area contributed by atoms with E-state index in [1.54, 1.807) is 11.8 Å². The quantitative estimate of drug-likeness (QED) is 0.828. The topological polar surface area (TPSA) is 48.3 Å². The van der Waals surface area contributed by atoms with Crippen LogP contribution in [0.3, 0.4) is 0 Å². The predicted octanol–water partition coefficient (Wildman–Crippen LogP) is 0.863. The van der Waals surface area contributed by atoms with Crippen molar-refractivity contribution in [3.05, 3.63) is 11.3 Å². The number of aryl methyl sites for hydroxylation is 2. The summed E-state index contributed by atoms with van der Waals surface area (Å²) in [5.74, 6) is 1.50. The first-order valence-electron chi connectivity index (χ1n) is 6.07. The fourth-order valence-electron chi connectivity index (χ4n) is 2.29. The number of nitrogens with one attached hydrogen (secondary N) is 1. The molecule has 0 saturated carbocycles. The number of ether oxygens (including phenoxy) is 2. The summed E-state index contributed by atoms with van der Waals surface area (Å²) in [7, 11) is 3.59. The van der Waals surface area contributed by atoms with Crippen LogP contribution in [0.15, 0.2) is 0 Å². The molecular weight excluding hydrogens is 218 g/mol. The molecule has 5 nitrogen and oxygen atoms in total. The van der Waals surface area contributed by atoms with E-state index in [2.05, 4.69) is 10.4 Å². The summed E-state index contributed by atoms with van der Waals surface area (Å²) in [5.41, 5.74) is 2.17. The van der Waals surface area contributed by atoms with Crippen LogP contribution < -0.4 is 10.1 Å². The molecule has 1 aliphatic heterocycles. The van der Waals surface area contributed by atoms with Gasteiger partial charge in [-0.05, 0) is 19.3 Å². The van der Waals surface area contributed by atoms with Crippen molar-refractivity contribution in [3.63, 3.8) is 0 Å². The van der Waals surface area contributed by atoms with Gasteiger partial charge in [0.1, 0.15) is 0 Å². The lowest BCUT2D eigenvalue weighted by molar-refractivity contribution is 0.185.